The Morgan fingerprint density at radius 3 is 2.26 bits per heavy atom. The van der Waals surface area contributed by atoms with Crippen LogP contribution in [0.25, 0.3) is 0 Å². The van der Waals surface area contributed by atoms with E-state index >= 15 is 0 Å². The van der Waals surface area contributed by atoms with E-state index in [2.05, 4.69) is 5.32 Å². The number of carboxylic acids is 1. The number of aliphatic carboxylic acids is 1. The number of hydrogen-bond acceptors (Lipinski definition) is 2. The predicted octanol–water partition coefficient (Wildman–Crippen LogP) is 2.15. The van der Waals surface area contributed by atoms with Crippen LogP contribution in [0.3, 0.4) is 0 Å². The quantitative estimate of drug-likeness (QED) is 0.826. The Hall–Kier alpha value is -1.84. The molecule has 1 rings (SSSR count). The SMILES string of the molecule is Cc1ccc(CC(=O)N[C@@H](CC(C)C)C(=O)O)cc1. The molecule has 104 valence electrons. The van der Waals surface area contributed by atoms with E-state index < -0.39 is 12.0 Å². The van der Waals surface area contributed by atoms with E-state index in [1.165, 1.54) is 0 Å². The van der Waals surface area contributed by atoms with Gasteiger partial charge in [0.1, 0.15) is 6.04 Å². The molecule has 4 nitrogen and oxygen atoms in total. The van der Waals surface area contributed by atoms with Gasteiger partial charge in [-0.05, 0) is 24.8 Å². The van der Waals surface area contributed by atoms with E-state index in [1.807, 2.05) is 45.0 Å². The Kier molecular flexibility index (Phi) is 5.55. The standard InChI is InChI=1S/C15H21NO3/c1-10(2)8-13(15(18)19)16-14(17)9-12-6-4-11(3)5-7-12/h4-7,10,13H,8-9H2,1-3H3,(H,16,17)(H,18,19)/t13-/m0/s1. The van der Waals surface area contributed by atoms with Gasteiger partial charge in [-0.2, -0.15) is 0 Å². The Morgan fingerprint density at radius 2 is 1.79 bits per heavy atom. The first-order valence-corrected chi connectivity index (χ1v) is 6.46. The van der Waals surface area contributed by atoms with Crippen LogP contribution in [-0.4, -0.2) is 23.0 Å². The molecule has 0 aliphatic carbocycles. The van der Waals surface area contributed by atoms with Gasteiger partial charge in [0.25, 0.3) is 0 Å². The summed E-state index contributed by atoms with van der Waals surface area (Å²) in [5, 5.41) is 11.6. The third-order valence-corrected chi connectivity index (χ3v) is 2.83. The lowest BCUT2D eigenvalue weighted by Gasteiger charge is -2.16. The first-order chi connectivity index (χ1) is 8.88. The van der Waals surface area contributed by atoms with E-state index in [9.17, 15) is 9.59 Å². The lowest BCUT2D eigenvalue weighted by Crippen LogP contribution is -2.42. The van der Waals surface area contributed by atoms with Crippen LogP contribution in [0.2, 0.25) is 0 Å². The molecule has 0 aromatic heterocycles. The molecule has 0 radical (unpaired) electrons. The molecule has 0 aliphatic heterocycles. The lowest BCUT2D eigenvalue weighted by atomic mass is 10.0. The van der Waals surface area contributed by atoms with Crippen molar-refractivity contribution in [2.75, 3.05) is 0 Å². The summed E-state index contributed by atoms with van der Waals surface area (Å²) in [6, 6.07) is 6.83. The molecule has 1 aromatic carbocycles. The van der Waals surface area contributed by atoms with E-state index in [-0.39, 0.29) is 18.2 Å². The average molecular weight is 263 g/mol. The molecule has 2 N–H and O–H groups in total. The third-order valence-electron chi connectivity index (χ3n) is 2.83. The van der Waals surface area contributed by atoms with Crippen LogP contribution in [0.1, 0.15) is 31.4 Å². The van der Waals surface area contributed by atoms with Gasteiger partial charge in [0.2, 0.25) is 5.91 Å². The number of benzene rings is 1. The molecule has 0 aliphatic rings. The molecular weight excluding hydrogens is 242 g/mol. The number of carboxylic acid groups (broad SMARTS) is 1. The highest BCUT2D eigenvalue weighted by Crippen LogP contribution is 2.07. The summed E-state index contributed by atoms with van der Waals surface area (Å²) in [4.78, 5) is 22.9. The molecular formula is C15H21NO3. The van der Waals surface area contributed by atoms with Crippen LogP contribution in [0.5, 0.6) is 0 Å². The van der Waals surface area contributed by atoms with Gasteiger partial charge in [-0.15, -0.1) is 0 Å². The number of carbonyl (C=O) groups excluding carboxylic acids is 1. The van der Waals surface area contributed by atoms with Gasteiger partial charge < -0.3 is 10.4 Å². The molecule has 1 amide bonds. The summed E-state index contributed by atoms with van der Waals surface area (Å²) in [7, 11) is 0. The second-order valence-electron chi connectivity index (χ2n) is 5.25. The number of carbonyl (C=O) groups is 2. The lowest BCUT2D eigenvalue weighted by molar-refractivity contribution is -0.142. The van der Waals surface area contributed by atoms with Gasteiger partial charge in [0.15, 0.2) is 0 Å². The fourth-order valence-corrected chi connectivity index (χ4v) is 1.83. The molecule has 0 heterocycles. The van der Waals surface area contributed by atoms with Crippen LogP contribution < -0.4 is 5.32 Å². The van der Waals surface area contributed by atoms with E-state index in [4.69, 9.17) is 5.11 Å². The zero-order chi connectivity index (χ0) is 14.4. The zero-order valence-electron chi connectivity index (χ0n) is 11.6. The largest absolute Gasteiger partial charge is 0.480 e. The molecule has 0 bridgehead atoms. The van der Waals surface area contributed by atoms with Crippen molar-refractivity contribution in [3.05, 3.63) is 35.4 Å². The molecule has 19 heavy (non-hydrogen) atoms. The Balaban J connectivity index is 2.57. The normalized spacial score (nSPS) is 12.2. The Bertz CT molecular complexity index is 437. The number of amides is 1. The molecule has 1 aromatic rings. The molecule has 0 spiro atoms. The van der Waals surface area contributed by atoms with Crippen molar-refractivity contribution < 1.29 is 14.7 Å². The summed E-state index contributed by atoms with van der Waals surface area (Å²) < 4.78 is 0. The molecule has 1 atom stereocenters. The average Bonchev–Trinajstić information content (AvgIpc) is 2.30. The molecule has 0 saturated carbocycles. The monoisotopic (exact) mass is 263 g/mol. The Labute approximate surface area is 113 Å². The molecule has 0 unspecified atom stereocenters. The van der Waals surface area contributed by atoms with Crippen molar-refractivity contribution >= 4 is 11.9 Å². The topological polar surface area (TPSA) is 66.4 Å². The van der Waals surface area contributed by atoms with Gasteiger partial charge in [0.05, 0.1) is 6.42 Å². The van der Waals surface area contributed by atoms with Gasteiger partial charge in [-0.25, -0.2) is 4.79 Å². The van der Waals surface area contributed by atoms with Crippen molar-refractivity contribution in [3.63, 3.8) is 0 Å². The highest BCUT2D eigenvalue weighted by atomic mass is 16.4. The first-order valence-electron chi connectivity index (χ1n) is 6.46. The van der Waals surface area contributed by atoms with Gasteiger partial charge >= 0.3 is 5.97 Å². The van der Waals surface area contributed by atoms with E-state index in [0.717, 1.165) is 11.1 Å². The van der Waals surface area contributed by atoms with Crippen LogP contribution in [0.4, 0.5) is 0 Å². The van der Waals surface area contributed by atoms with Gasteiger partial charge in [-0.3, -0.25) is 4.79 Å². The fraction of sp³-hybridized carbons (Fsp3) is 0.467. The predicted molar refractivity (Wildman–Crippen MR) is 73.9 cm³/mol. The van der Waals surface area contributed by atoms with Crippen molar-refractivity contribution in [1.82, 2.24) is 5.32 Å². The van der Waals surface area contributed by atoms with Crippen molar-refractivity contribution in [2.24, 2.45) is 5.92 Å². The number of hydrogen-bond donors (Lipinski definition) is 2. The Morgan fingerprint density at radius 1 is 1.21 bits per heavy atom. The maximum absolute atomic E-state index is 11.8. The molecule has 0 fully saturated rings. The van der Waals surface area contributed by atoms with E-state index in [1.54, 1.807) is 0 Å². The number of aryl methyl sites for hydroxylation is 1. The zero-order valence-corrected chi connectivity index (χ0v) is 11.6. The third kappa shape index (κ3) is 5.55. The van der Waals surface area contributed by atoms with Crippen molar-refractivity contribution in [1.29, 1.82) is 0 Å². The smallest absolute Gasteiger partial charge is 0.326 e. The van der Waals surface area contributed by atoms with Crippen LogP contribution in [-0.2, 0) is 16.0 Å². The summed E-state index contributed by atoms with van der Waals surface area (Å²) in [6.07, 6.45) is 0.650. The van der Waals surface area contributed by atoms with E-state index in [0.29, 0.717) is 6.42 Å². The molecule has 4 heteroatoms. The highest BCUT2D eigenvalue weighted by molar-refractivity contribution is 5.84. The van der Waals surface area contributed by atoms with Gasteiger partial charge in [-0.1, -0.05) is 43.7 Å². The minimum Gasteiger partial charge on any atom is -0.480 e. The van der Waals surface area contributed by atoms with Crippen molar-refractivity contribution in [2.45, 2.75) is 39.7 Å². The second-order valence-corrected chi connectivity index (χ2v) is 5.25. The second kappa shape index (κ2) is 6.92. The maximum atomic E-state index is 11.8. The van der Waals surface area contributed by atoms with Crippen molar-refractivity contribution in [3.8, 4) is 0 Å². The number of nitrogens with one attached hydrogen (secondary N) is 1. The summed E-state index contributed by atoms with van der Waals surface area (Å²) >= 11 is 0. The minimum atomic E-state index is -0.981. The minimum absolute atomic E-state index is 0.210. The maximum Gasteiger partial charge on any atom is 0.326 e. The van der Waals surface area contributed by atoms with Crippen LogP contribution >= 0.6 is 0 Å². The summed E-state index contributed by atoms with van der Waals surface area (Å²) in [6.45, 7) is 5.84. The first kappa shape index (κ1) is 15.2. The van der Waals surface area contributed by atoms with Crippen LogP contribution in [0.15, 0.2) is 24.3 Å². The molecule has 0 saturated heterocycles. The number of rotatable bonds is 6. The van der Waals surface area contributed by atoms with Gasteiger partial charge in [0, 0.05) is 0 Å². The fourth-order valence-electron chi connectivity index (χ4n) is 1.83. The summed E-state index contributed by atoms with van der Waals surface area (Å²) in [5.74, 6) is -1.01. The summed E-state index contributed by atoms with van der Waals surface area (Å²) in [5.41, 5.74) is 2.02. The highest BCUT2D eigenvalue weighted by Gasteiger charge is 2.20. The van der Waals surface area contributed by atoms with Crippen LogP contribution in [0, 0.1) is 12.8 Å².